The Kier molecular flexibility index (Phi) is 5.32. The molecular weight excluding hydrogens is 221 g/mol. The van der Waals surface area contributed by atoms with Crippen molar-refractivity contribution in [2.24, 2.45) is 0 Å². The normalized spacial score (nSPS) is 8.69. The molecule has 0 saturated heterocycles. The fraction of sp³-hybridized carbons (Fsp3) is 0.222. The van der Waals surface area contributed by atoms with E-state index in [0.29, 0.717) is 6.61 Å². The van der Waals surface area contributed by atoms with E-state index in [1.165, 1.54) is 12.1 Å². The summed E-state index contributed by atoms with van der Waals surface area (Å²) in [5, 5.41) is 9.21. The number of carbonyl (C=O) groups excluding carboxylic acids is 1. The molecule has 1 rings (SSSR count). The van der Waals surface area contributed by atoms with Crippen molar-refractivity contribution in [3.8, 4) is 5.75 Å². The average Bonchev–Trinajstić information content (AvgIpc) is 2.05. The predicted molar refractivity (Wildman–Crippen MR) is 44.1 cm³/mol. The first kappa shape index (κ1) is 12.1. The number of aromatic hydroxyl groups is 1. The van der Waals surface area contributed by atoms with Crippen LogP contribution in [0.3, 0.4) is 0 Å². The van der Waals surface area contributed by atoms with Crippen LogP contribution in [0.4, 0.5) is 0 Å². The average molecular weight is 232 g/mol. The molecule has 3 nitrogen and oxygen atoms in total. The second kappa shape index (κ2) is 5.71. The van der Waals surface area contributed by atoms with Gasteiger partial charge in [0, 0.05) is 0 Å². The van der Waals surface area contributed by atoms with Crippen molar-refractivity contribution in [2.45, 2.75) is 6.92 Å². The summed E-state index contributed by atoms with van der Waals surface area (Å²) < 4.78 is 4.71. The number of hydrogen-bond acceptors (Lipinski definition) is 3. The summed E-state index contributed by atoms with van der Waals surface area (Å²) in [5.74, 6) is -0.536. The Morgan fingerprint density at radius 1 is 1.46 bits per heavy atom. The predicted octanol–water partition coefficient (Wildman–Crippen LogP) is 1.57. The molecule has 0 aliphatic carbocycles. The third kappa shape index (κ3) is 3.15. The maximum atomic E-state index is 11.1. The van der Waals surface area contributed by atoms with Crippen LogP contribution in [0.5, 0.6) is 5.75 Å². The number of carbonyl (C=O) groups is 1. The summed E-state index contributed by atoms with van der Waals surface area (Å²) in [4.78, 5) is 11.1. The topological polar surface area (TPSA) is 46.5 Å². The van der Waals surface area contributed by atoms with E-state index in [2.05, 4.69) is 0 Å². The Hall–Kier alpha value is -0.887. The molecule has 0 aromatic heterocycles. The molecule has 64 valence electrons. The van der Waals surface area contributed by atoms with Gasteiger partial charge in [0.1, 0.15) is 11.3 Å². The van der Waals surface area contributed by atoms with Crippen LogP contribution in [-0.2, 0) is 24.2 Å². The minimum Gasteiger partial charge on any atom is -0.507 e. The molecule has 1 N–H and O–H groups in total. The van der Waals surface area contributed by atoms with Gasteiger partial charge in [-0.15, -0.1) is 0 Å². The number of hydrogen-bond donors (Lipinski definition) is 1. The summed E-state index contributed by atoms with van der Waals surface area (Å²) in [6.45, 7) is 2.03. The summed E-state index contributed by atoms with van der Waals surface area (Å²) in [7, 11) is 0. The van der Waals surface area contributed by atoms with Crippen LogP contribution in [-0.4, -0.2) is 17.7 Å². The first-order valence-corrected chi connectivity index (χ1v) is 3.70. The van der Waals surface area contributed by atoms with Gasteiger partial charge >= 0.3 is 25.4 Å². The summed E-state index contributed by atoms with van der Waals surface area (Å²) >= 11 is 0. The molecule has 0 unspecified atom stereocenters. The summed E-state index contributed by atoms with van der Waals surface area (Å²) in [6, 6.07) is 6.30. The maximum absolute atomic E-state index is 11.1. The molecular formula is C9H10O3Zn+2. The molecule has 0 amide bonds. The molecule has 0 aliphatic heterocycles. The van der Waals surface area contributed by atoms with Crippen molar-refractivity contribution in [3.05, 3.63) is 29.8 Å². The third-order valence-corrected chi connectivity index (χ3v) is 1.40. The van der Waals surface area contributed by atoms with Gasteiger partial charge in [-0.25, -0.2) is 4.79 Å². The van der Waals surface area contributed by atoms with E-state index in [-0.39, 0.29) is 30.8 Å². The first-order valence-electron chi connectivity index (χ1n) is 3.70. The second-order valence-corrected chi connectivity index (χ2v) is 2.24. The molecule has 0 fully saturated rings. The molecule has 0 radical (unpaired) electrons. The number of esters is 1. The quantitative estimate of drug-likeness (QED) is 0.621. The summed E-state index contributed by atoms with van der Waals surface area (Å²) in [6.07, 6.45) is 0. The SMILES string of the molecule is CCOC(=O)c1ccccc1O.[Zn+2]. The number of ether oxygens (including phenoxy) is 1. The van der Waals surface area contributed by atoms with E-state index in [9.17, 15) is 9.90 Å². The fourth-order valence-corrected chi connectivity index (χ4v) is 0.855. The van der Waals surface area contributed by atoms with E-state index in [1.54, 1.807) is 19.1 Å². The van der Waals surface area contributed by atoms with Gasteiger partial charge in [-0.2, -0.15) is 0 Å². The number of para-hydroxylation sites is 1. The minimum absolute atomic E-state index is 0. The Morgan fingerprint density at radius 3 is 2.62 bits per heavy atom. The smallest absolute Gasteiger partial charge is 0.507 e. The zero-order valence-electron chi connectivity index (χ0n) is 7.49. The largest absolute Gasteiger partial charge is 2.00 e. The number of rotatable bonds is 2. The van der Waals surface area contributed by atoms with Crippen molar-refractivity contribution >= 4 is 5.97 Å². The van der Waals surface area contributed by atoms with Crippen molar-refractivity contribution < 1.29 is 34.1 Å². The van der Waals surface area contributed by atoms with Crippen LogP contribution in [0.2, 0.25) is 0 Å². The Morgan fingerprint density at radius 2 is 2.08 bits per heavy atom. The van der Waals surface area contributed by atoms with Gasteiger partial charge in [0.15, 0.2) is 0 Å². The van der Waals surface area contributed by atoms with Gasteiger partial charge in [0.25, 0.3) is 0 Å². The van der Waals surface area contributed by atoms with Crippen LogP contribution in [0, 0.1) is 0 Å². The molecule has 13 heavy (non-hydrogen) atoms. The Labute approximate surface area is 89.5 Å². The molecule has 0 spiro atoms. The molecule has 4 heteroatoms. The second-order valence-electron chi connectivity index (χ2n) is 2.24. The van der Waals surface area contributed by atoms with Gasteiger partial charge in [0.2, 0.25) is 0 Å². The van der Waals surface area contributed by atoms with Crippen molar-refractivity contribution in [3.63, 3.8) is 0 Å². The number of benzene rings is 1. The van der Waals surface area contributed by atoms with E-state index in [1.807, 2.05) is 0 Å². The van der Waals surface area contributed by atoms with E-state index < -0.39 is 5.97 Å². The molecule has 0 bridgehead atoms. The first-order chi connectivity index (χ1) is 5.75. The number of phenols is 1. The zero-order valence-corrected chi connectivity index (χ0v) is 10.5. The zero-order chi connectivity index (χ0) is 8.97. The van der Waals surface area contributed by atoms with Gasteiger partial charge < -0.3 is 9.84 Å². The van der Waals surface area contributed by atoms with Gasteiger partial charge in [-0.05, 0) is 19.1 Å². The van der Waals surface area contributed by atoms with E-state index >= 15 is 0 Å². The fourth-order valence-electron chi connectivity index (χ4n) is 0.855. The molecule has 1 aromatic carbocycles. The number of phenolic OH excluding ortho intramolecular Hbond substituents is 1. The summed E-state index contributed by atoms with van der Waals surface area (Å²) in [5.41, 5.74) is 0.208. The van der Waals surface area contributed by atoms with Crippen LogP contribution >= 0.6 is 0 Å². The molecule has 0 atom stereocenters. The van der Waals surface area contributed by atoms with Gasteiger partial charge in [0.05, 0.1) is 6.61 Å². The maximum Gasteiger partial charge on any atom is 2.00 e. The van der Waals surface area contributed by atoms with Crippen LogP contribution in [0.15, 0.2) is 24.3 Å². The Bertz CT molecular complexity index is 286. The molecule has 0 saturated carbocycles. The van der Waals surface area contributed by atoms with Gasteiger partial charge in [-0.1, -0.05) is 12.1 Å². The van der Waals surface area contributed by atoms with Crippen molar-refractivity contribution in [1.29, 1.82) is 0 Å². The van der Waals surface area contributed by atoms with E-state index in [0.717, 1.165) is 0 Å². The van der Waals surface area contributed by atoms with Gasteiger partial charge in [-0.3, -0.25) is 0 Å². The standard InChI is InChI=1S/C9H10O3.Zn/c1-2-12-9(11)7-5-3-4-6-8(7)10;/h3-6,10H,2H2,1H3;/q;+2. The van der Waals surface area contributed by atoms with Crippen molar-refractivity contribution in [1.82, 2.24) is 0 Å². The van der Waals surface area contributed by atoms with Crippen LogP contribution in [0.25, 0.3) is 0 Å². The molecule has 1 aromatic rings. The van der Waals surface area contributed by atoms with Crippen molar-refractivity contribution in [2.75, 3.05) is 6.61 Å². The molecule has 0 heterocycles. The third-order valence-electron chi connectivity index (χ3n) is 1.40. The van der Waals surface area contributed by atoms with E-state index in [4.69, 9.17) is 4.74 Å². The minimum atomic E-state index is -0.490. The Balaban J connectivity index is 0.00000144. The molecule has 0 aliphatic rings. The van der Waals surface area contributed by atoms with Crippen LogP contribution < -0.4 is 0 Å². The van der Waals surface area contributed by atoms with Crippen LogP contribution in [0.1, 0.15) is 17.3 Å². The monoisotopic (exact) mass is 230 g/mol.